The Kier molecular flexibility index (Phi) is 1.88. The van der Waals surface area contributed by atoms with E-state index in [1.807, 2.05) is 6.92 Å². The molecule has 1 heterocycles. The molecule has 72 valence electrons. The fraction of sp³-hybridized carbons (Fsp3) is 0.182. The Morgan fingerprint density at radius 2 is 2.14 bits per heavy atom. The maximum Gasteiger partial charge on any atom is 0.176 e. The van der Waals surface area contributed by atoms with E-state index in [4.69, 9.17) is 0 Å². The zero-order chi connectivity index (χ0) is 10.3. The van der Waals surface area contributed by atoms with Crippen LogP contribution in [0.25, 0.3) is 10.9 Å². The van der Waals surface area contributed by atoms with Gasteiger partial charge in [-0.15, -0.1) is 0 Å². The predicted octanol–water partition coefficient (Wildman–Crippen LogP) is 2.82. The first-order valence-corrected chi connectivity index (χ1v) is 4.38. The monoisotopic (exact) mass is 191 g/mol. The number of carbonyl (C=O) groups excluding carboxylic acids is 1. The number of benzene rings is 1. The van der Waals surface area contributed by atoms with E-state index < -0.39 is 0 Å². The van der Waals surface area contributed by atoms with E-state index in [1.165, 1.54) is 19.1 Å². The number of hydrogen-bond acceptors (Lipinski definition) is 1. The highest BCUT2D eigenvalue weighted by molar-refractivity contribution is 6.00. The topological polar surface area (TPSA) is 32.9 Å². The summed E-state index contributed by atoms with van der Waals surface area (Å²) in [7, 11) is 0. The van der Waals surface area contributed by atoms with Gasteiger partial charge in [-0.05, 0) is 30.7 Å². The number of fused-ring (bicyclic) bond motifs is 1. The van der Waals surface area contributed by atoms with Gasteiger partial charge in [0.2, 0.25) is 0 Å². The maximum absolute atomic E-state index is 12.9. The van der Waals surface area contributed by atoms with Gasteiger partial charge in [-0.3, -0.25) is 4.79 Å². The molecule has 0 radical (unpaired) electrons. The largest absolute Gasteiger partial charge is 0.352 e. The molecule has 0 amide bonds. The summed E-state index contributed by atoms with van der Waals surface area (Å²) < 4.78 is 12.9. The summed E-state index contributed by atoms with van der Waals surface area (Å²) >= 11 is 0. The number of Topliss-reactive ketones (excluding diaryl/α,β-unsaturated/α-hetero) is 1. The van der Waals surface area contributed by atoms with E-state index in [0.29, 0.717) is 5.69 Å². The quantitative estimate of drug-likeness (QED) is 0.691. The van der Waals surface area contributed by atoms with Crippen LogP contribution in [0.5, 0.6) is 0 Å². The zero-order valence-electron chi connectivity index (χ0n) is 8.02. The van der Waals surface area contributed by atoms with Gasteiger partial charge in [-0.2, -0.15) is 0 Å². The molecule has 0 aliphatic heterocycles. The van der Waals surface area contributed by atoms with E-state index in [2.05, 4.69) is 4.98 Å². The van der Waals surface area contributed by atoms with Crippen LogP contribution in [0.15, 0.2) is 18.2 Å². The first kappa shape index (κ1) is 8.94. The normalized spacial score (nSPS) is 10.8. The molecule has 0 atom stereocenters. The second-order valence-electron chi connectivity index (χ2n) is 3.37. The Labute approximate surface area is 80.7 Å². The van der Waals surface area contributed by atoms with Crippen molar-refractivity contribution in [3.05, 3.63) is 35.3 Å². The summed E-state index contributed by atoms with van der Waals surface area (Å²) in [5.41, 5.74) is 2.17. The summed E-state index contributed by atoms with van der Waals surface area (Å²) in [6.45, 7) is 3.31. The number of halogens is 1. The highest BCUT2D eigenvalue weighted by Gasteiger charge is 2.10. The van der Waals surface area contributed by atoms with Crippen molar-refractivity contribution in [2.75, 3.05) is 0 Å². The van der Waals surface area contributed by atoms with Gasteiger partial charge < -0.3 is 4.98 Å². The number of hydrogen-bond donors (Lipinski definition) is 1. The van der Waals surface area contributed by atoms with Crippen LogP contribution < -0.4 is 0 Å². The molecule has 0 saturated heterocycles. The van der Waals surface area contributed by atoms with Gasteiger partial charge in [0.1, 0.15) is 5.82 Å². The van der Waals surface area contributed by atoms with Gasteiger partial charge in [0.25, 0.3) is 0 Å². The van der Waals surface area contributed by atoms with Crippen LogP contribution in [0, 0.1) is 12.7 Å². The summed E-state index contributed by atoms with van der Waals surface area (Å²) in [5.74, 6) is -0.311. The first-order chi connectivity index (χ1) is 6.59. The van der Waals surface area contributed by atoms with Gasteiger partial charge in [0.05, 0.1) is 5.69 Å². The molecule has 2 aromatic rings. The molecule has 0 spiro atoms. The number of ketones is 1. The van der Waals surface area contributed by atoms with E-state index in [-0.39, 0.29) is 11.6 Å². The lowest BCUT2D eigenvalue weighted by Crippen LogP contribution is -1.93. The number of aromatic nitrogens is 1. The van der Waals surface area contributed by atoms with Crippen molar-refractivity contribution in [1.29, 1.82) is 0 Å². The molecule has 0 aliphatic rings. The zero-order valence-corrected chi connectivity index (χ0v) is 8.02. The summed E-state index contributed by atoms with van der Waals surface area (Å²) in [4.78, 5) is 14.2. The number of H-pyrrole nitrogens is 1. The van der Waals surface area contributed by atoms with Crippen molar-refractivity contribution < 1.29 is 9.18 Å². The standard InChI is InChI=1S/C11H10FNO/c1-6-9-5-8(12)3-4-10(9)13-11(6)7(2)14/h3-5,13H,1-2H3. The Morgan fingerprint density at radius 3 is 2.79 bits per heavy atom. The van der Waals surface area contributed by atoms with Crippen LogP contribution in [0.4, 0.5) is 4.39 Å². The SMILES string of the molecule is CC(=O)c1[nH]c2ccc(F)cc2c1C. The van der Waals surface area contributed by atoms with Crippen LogP contribution in [-0.2, 0) is 0 Å². The average Bonchev–Trinajstić information content (AvgIpc) is 2.44. The van der Waals surface area contributed by atoms with Crippen LogP contribution in [0.3, 0.4) is 0 Å². The number of rotatable bonds is 1. The van der Waals surface area contributed by atoms with Crippen LogP contribution in [0.2, 0.25) is 0 Å². The molecular weight excluding hydrogens is 181 g/mol. The molecule has 14 heavy (non-hydrogen) atoms. The van der Waals surface area contributed by atoms with E-state index in [0.717, 1.165) is 16.5 Å². The molecule has 1 N–H and O–H groups in total. The van der Waals surface area contributed by atoms with Crippen LogP contribution in [-0.4, -0.2) is 10.8 Å². The third-order valence-corrected chi connectivity index (χ3v) is 2.37. The molecule has 1 aromatic heterocycles. The highest BCUT2D eigenvalue weighted by atomic mass is 19.1. The van der Waals surface area contributed by atoms with Crippen molar-refractivity contribution in [2.45, 2.75) is 13.8 Å². The lowest BCUT2D eigenvalue weighted by molar-refractivity contribution is 0.101. The minimum atomic E-state index is -0.283. The molecule has 0 unspecified atom stereocenters. The fourth-order valence-corrected chi connectivity index (χ4v) is 1.65. The molecule has 0 fully saturated rings. The lowest BCUT2D eigenvalue weighted by Gasteiger charge is -1.92. The molecule has 0 aliphatic carbocycles. The van der Waals surface area contributed by atoms with Crippen LogP contribution >= 0.6 is 0 Å². The minimum Gasteiger partial charge on any atom is -0.352 e. The number of carbonyl (C=O) groups is 1. The molecule has 0 bridgehead atoms. The van der Waals surface area contributed by atoms with E-state index in [9.17, 15) is 9.18 Å². The Hall–Kier alpha value is -1.64. The first-order valence-electron chi connectivity index (χ1n) is 4.38. The van der Waals surface area contributed by atoms with Gasteiger partial charge >= 0.3 is 0 Å². The second kappa shape index (κ2) is 2.94. The lowest BCUT2D eigenvalue weighted by atomic mass is 10.1. The highest BCUT2D eigenvalue weighted by Crippen LogP contribution is 2.22. The minimum absolute atomic E-state index is 0.0286. The summed E-state index contributed by atoms with van der Waals surface area (Å²) in [6.07, 6.45) is 0. The van der Waals surface area contributed by atoms with Gasteiger partial charge in [0, 0.05) is 17.8 Å². The number of nitrogens with one attached hydrogen (secondary N) is 1. The fourth-order valence-electron chi connectivity index (χ4n) is 1.65. The molecule has 2 rings (SSSR count). The third-order valence-electron chi connectivity index (χ3n) is 2.37. The maximum atomic E-state index is 12.9. The Balaban J connectivity index is 2.80. The summed E-state index contributed by atoms with van der Waals surface area (Å²) in [5, 5.41) is 0.773. The predicted molar refractivity (Wildman–Crippen MR) is 53.0 cm³/mol. The molecule has 3 heteroatoms. The van der Waals surface area contributed by atoms with E-state index in [1.54, 1.807) is 6.07 Å². The molecule has 0 saturated carbocycles. The molecule has 2 nitrogen and oxygen atoms in total. The van der Waals surface area contributed by atoms with Gasteiger partial charge in [-0.1, -0.05) is 0 Å². The third kappa shape index (κ3) is 1.21. The number of aryl methyl sites for hydroxylation is 1. The second-order valence-corrected chi connectivity index (χ2v) is 3.37. The number of aromatic amines is 1. The van der Waals surface area contributed by atoms with Gasteiger partial charge in [0.15, 0.2) is 5.78 Å². The van der Waals surface area contributed by atoms with Crippen molar-refractivity contribution in [1.82, 2.24) is 4.98 Å². The Morgan fingerprint density at radius 1 is 1.43 bits per heavy atom. The van der Waals surface area contributed by atoms with Crippen molar-refractivity contribution in [3.8, 4) is 0 Å². The Bertz CT molecular complexity index is 513. The van der Waals surface area contributed by atoms with Crippen molar-refractivity contribution >= 4 is 16.7 Å². The molecule has 1 aromatic carbocycles. The smallest absolute Gasteiger partial charge is 0.176 e. The van der Waals surface area contributed by atoms with E-state index >= 15 is 0 Å². The van der Waals surface area contributed by atoms with Crippen molar-refractivity contribution in [2.24, 2.45) is 0 Å². The van der Waals surface area contributed by atoms with Gasteiger partial charge in [-0.25, -0.2) is 4.39 Å². The van der Waals surface area contributed by atoms with Crippen LogP contribution in [0.1, 0.15) is 23.0 Å². The van der Waals surface area contributed by atoms with Crippen molar-refractivity contribution in [3.63, 3.8) is 0 Å². The molecular formula is C11H10FNO. The average molecular weight is 191 g/mol. The summed E-state index contributed by atoms with van der Waals surface area (Å²) in [6, 6.07) is 4.46.